The van der Waals surface area contributed by atoms with Crippen molar-refractivity contribution in [3.05, 3.63) is 112 Å². The Morgan fingerprint density at radius 1 is 0.854 bits per heavy atom. The zero-order chi connectivity index (χ0) is 35.8. The molecule has 0 aromatic heterocycles. The molecule has 0 saturated carbocycles. The number of hydrogen-bond donors (Lipinski definition) is 0. The average Bonchev–Trinajstić information content (AvgIpc) is 3.05. The molecule has 0 N–H and O–H groups in total. The molecule has 3 aromatic rings. The summed E-state index contributed by atoms with van der Waals surface area (Å²) in [6, 6.07) is 13.4. The van der Waals surface area contributed by atoms with Crippen LogP contribution < -0.4 is 4.90 Å². The van der Waals surface area contributed by atoms with Crippen molar-refractivity contribution in [3.63, 3.8) is 0 Å². The van der Waals surface area contributed by atoms with E-state index in [1.807, 2.05) is 10.4 Å². The Hall–Kier alpha value is -2.96. The fraction of sp³-hybridized carbons (Fsp3) is 0.476. The standard InChI is InChI=1S/C42H57F3N2S/c1-12-17-32-22-33(25-35(24-32)42(9,10)11)27-46(37-21-20-31(15-4)23-34(37)18-13-2)28(6)26-47(36(16-5)19-14-3)48-41-39(44)30(8)29(7)38(43)40(41)45/h15,20-25,36H,4,6,12-14,16-19,26-27H2,1-3,5,7-11H3. The van der Waals surface area contributed by atoms with Crippen molar-refractivity contribution in [1.82, 2.24) is 4.31 Å². The van der Waals surface area contributed by atoms with Crippen LogP contribution in [0.4, 0.5) is 18.9 Å². The van der Waals surface area contributed by atoms with E-state index < -0.39 is 17.5 Å². The lowest BCUT2D eigenvalue weighted by Gasteiger charge is -2.36. The monoisotopic (exact) mass is 678 g/mol. The number of anilines is 1. The zero-order valence-corrected chi connectivity index (χ0v) is 31.7. The minimum absolute atomic E-state index is 0.000648. The van der Waals surface area contributed by atoms with Crippen molar-refractivity contribution in [1.29, 1.82) is 0 Å². The minimum Gasteiger partial charge on any atom is -0.340 e. The third-order valence-corrected chi connectivity index (χ3v) is 10.4. The van der Waals surface area contributed by atoms with Gasteiger partial charge in [0.15, 0.2) is 11.6 Å². The van der Waals surface area contributed by atoms with E-state index in [9.17, 15) is 4.39 Å². The molecule has 3 aromatic carbocycles. The van der Waals surface area contributed by atoms with Gasteiger partial charge in [-0.25, -0.2) is 17.5 Å². The maximum atomic E-state index is 15.6. The first-order valence-corrected chi connectivity index (χ1v) is 18.4. The molecule has 262 valence electrons. The van der Waals surface area contributed by atoms with Gasteiger partial charge in [0.05, 0.1) is 4.90 Å². The molecule has 3 rings (SSSR count). The molecule has 0 aliphatic rings. The van der Waals surface area contributed by atoms with Crippen molar-refractivity contribution in [2.75, 3.05) is 11.4 Å². The topological polar surface area (TPSA) is 6.48 Å². The number of nitrogens with zero attached hydrogens (tertiary/aromatic N) is 2. The molecule has 0 spiro atoms. The molecule has 0 aliphatic carbocycles. The number of hydrogen-bond acceptors (Lipinski definition) is 3. The van der Waals surface area contributed by atoms with Crippen molar-refractivity contribution >= 4 is 23.7 Å². The van der Waals surface area contributed by atoms with Crippen molar-refractivity contribution in [2.24, 2.45) is 0 Å². The van der Waals surface area contributed by atoms with E-state index in [-0.39, 0.29) is 27.5 Å². The zero-order valence-electron chi connectivity index (χ0n) is 30.8. The Balaban J connectivity index is 2.19. The van der Waals surface area contributed by atoms with E-state index in [2.05, 4.69) is 103 Å². The van der Waals surface area contributed by atoms with E-state index in [0.29, 0.717) is 13.1 Å². The molecule has 0 fully saturated rings. The van der Waals surface area contributed by atoms with Crippen LogP contribution in [-0.2, 0) is 24.8 Å². The highest BCUT2D eigenvalue weighted by Crippen LogP contribution is 2.38. The van der Waals surface area contributed by atoms with Gasteiger partial charge < -0.3 is 4.90 Å². The van der Waals surface area contributed by atoms with Gasteiger partial charge in [-0.05, 0) is 108 Å². The Labute approximate surface area is 293 Å². The molecule has 0 saturated heterocycles. The van der Waals surface area contributed by atoms with Crippen LogP contribution in [0.25, 0.3) is 6.08 Å². The third kappa shape index (κ3) is 9.59. The first kappa shape index (κ1) is 39.5. The molecule has 2 nitrogen and oxygen atoms in total. The second-order valence-corrected chi connectivity index (χ2v) is 15.1. The van der Waals surface area contributed by atoms with Crippen molar-refractivity contribution in [3.8, 4) is 0 Å². The summed E-state index contributed by atoms with van der Waals surface area (Å²) < 4.78 is 48.0. The van der Waals surface area contributed by atoms with Gasteiger partial charge in [0.25, 0.3) is 0 Å². The molecule has 0 bridgehead atoms. The summed E-state index contributed by atoms with van der Waals surface area (Å²) in [5.41, 5.74) is 8.04. The molecule has 6 heteroatoms. The van der Waals surface area contributed by atoms with E-state index in [1.165, 1.54) is 36.1 Å². The lowest BCUT2D eigenvalue weighted by Crippen LogP contribution is -2.36. The summed E-state index contributed by atoms with van der Waals surface area (Å²) in [7, 11) is 0. The predicted molar refractivity (Wildman–Crippen MR) is 202 cm³/mol. The third-order valence-electron chi connectivity index (χ3n) is 9.19. The number of benzene rings is 3. The summed E-state index contributed by atoms with van der Waals surface area (Å²) in [6.07, 6.45) is 8.28. The SMILES string of the molecule is C=Cc1ccc(N(Cc2cc(CCC)cc(C(C)(C)C)c2)C(=C)CN(Sc2c(F)c(C)c(C)c(F)c2F)C(CC)CCC)c(CCC)c1. The van der Waals surface area contributed by atoms with Gasteiger partial charge in [-0.15, -0.1) is 0 Å². The van der Waals surface area contributed by atoms with Gasteiger partial charge in [0.1, 0.15) is 5.82 Å². The lowest BCUT2D eigenvalue weighted by molar-refractivity contribution is 0.336. The second kappa shape index (κ2) is 17.6. The smallest absolute Gasteiger partial charge is 0.176 e. The fourth-order valence-corrected chi connectivity index (χ4v) is 7.43. The Morgan fingerprint density at radius 3 is 2.08 bits per heavy atom. The lowest BCUT2D eigenvalue weighted by atomic mass is 9.84. The average molecular weight is 679 g/mol. The van der Waals surface area contributed by atoms with E-state index in [1.54, 1.807) is 0 Å². The van der Waals surface area contributed by atoms with Gasteiger partial charge in [-0.3, -0.25) is 0 Å². The van der Waals surface area contributed by atoms with Gasteiger partial charge in [-0.1, -0.05) is 111 Å². The van der Waals surface area contributed by atoms with E-state index in [4.69, 9.17) is 0 Å². The maximum absolute atomic E-state index is 15.6. The Kier molecular flexibility index (Phi) is 14.5. The Morgan fingerprint density at radius 2 is 1.50 bits per heavy atom. The van der Waals surface area contributed by atoms with Gasteiger partial charge in [0.2, 0.25) is 0 Å². The van der Waals surface area contributed by atoms with Gasteiger partial charge in [0, 0.05) is 30.5 Å². The highest BCUT2D eigenvalue weighted by atomic mass is 32.2. The largest absolute Gasteiger partial charge is 0.340 e. The van der Waals surface area contributed by atoms with Crippen LogP contribution >= 0.6 is 11.9 Å². The molecule has 0 amide bonds. The van der Waals surface area contributed by atoms with Gasteiger partial charge >= 0.3 is 0 Å². The van der Waals surface area contributed by atoms with E-state index in [0.717, 1.165) is 73.8 Å². The molecular weight excluding hydrogens is 622 g/mol. The summed E-state index contributed by atoms with van der Waals surface area (Å²) in [5.74, 6) is -2.83. The molecule has 0 aliphatic heterocycles. The second-order valence-electron chi connectivity index (χ2n) is 14.1. The first-order chi connectivity index (χ1) is 22.7. The van der Waals surface area contributed by atoms with Gasteiger partial charge in [-0.2, -0.15) is 0 Å². The number of rotatable bonds is 17. The van der Waals surface area contributed by atoms with Crippen LogP contribution in [-0.4, -0.2) is 16.9 Å². The summed E-state index contributed by atoms with van der Waals surface area (Å²) in [6.45, 7) is 27.8. The van der Waals surface area contributed by atoms with Crippen LogP contribution in [0, 0.1) is 31.3 Å². The Bertz CT molecular complexity index is 1540. The highest BCUT2D eigenvalue weighted by Gasteiger charge is 2.28. The molecule has 0 heterocycles. The fourth-order valence-electron chi connectivity index (χ4n) is 6.18. The number of aryl methyl sites for hydroxylation is 2. The van der Waals surface area contributed by atoms with Crippen LogP contribution in [0.2, 0.25) is 0 Å². The summed E-state index contributed by atoms with van der Waals surface area (Å²) >= 11 is 0.977. The highest BCUT2D eigenvalue weighted by molar-refractivity contribution is 7.97. The quantitative estimate of drug-likeness (QED) is 0.104. The molecule has 0 radical (unpaired) electrons. The van der Waals surface area contributed by atoms with Crippen LogP contribution in [0.5, 0.6) is 0 Å². The number of halogens is 3. The maximum Gasteiger partial charge on any atom is 0.176 e. The van der Waals surface area contributed by atoms with Crippen LogP contribution in [0.1, 0.15) is 120 Å². The molecule has 1 atom stereocenters. The predicted octanol–water partition coefficient (Wildman–Crippen LogP) is 12.7. The molecular formula is C42H57F3N2S. The van der Waals surface area contributed by atoms with Crippen LogP contribution in [0.15, 0.2) is 60.1 Å². The minimum atomic E-state index is -1.13. The van der Waals surface area contributed by atoms with Crippen molar-refractivity contribution in [2.45, 2.75) is 130 Å². The van der Waals surface area contributed by atoms with E-state index >= 15 is 8.78 Å². The summed E-state index contributed by atoms with van der Waals surface area (Å²) in [4.78, 5) is 1.98. The van der Waals surface area contributed by atoms with Crippen molar-refractivity contribution < 1.29 is 13.2 Å². The normalized spacial score (nSPS) is 12.4. The summed E-state index contributed by atoms with van der Waals surface area (Å²) in [5, 5.41) is 0. The first-order valence-electron chi connectivity index (χ1n) is 17.6. The molecule has 48 heavy (non-hydrogen) atoms. The van der Waals surface area contributed by atoms with Crippen LogP contribution in [0.3, 0.4) is 0 Å². The molecule has 1 unspecified atom stereocenters.